The van der Waals surface area contributed by atoms with Gasteiger partial charge in [0.15, 0.2) is 0 Å². The van der Waals surface area contributed by atoms with Gasteiger partial charge in [-0.3, -0.25) is 9.78 Å². The first kappa shape index (κ1) is 28.7. The van der Waals surface area contributed by atoms with Crippen LogP contribution in [0.4, 0.5) is 22.0 Å². The number of likely N-dealkylation sites (tertiary alicyclic amines) is 1. The fraction of sp³-hybridized carbons (Fsp3) is 0.448. The third-order valence-electron chi connectivity index (χ3n) is 7.76. The Labute approximate surface area is 223 Å². The summed E-state index contributed by atoms with van der Waals surface area (Å²) in [6.07, 6.45) is 0.948. The van der Waals surface area contributed by atoms with Gasteiger partial charge in [0.25, 0.3) is 0 Å². The fourth-order valence-electron chi connectivity index (χ4n) is 5.57. The standard InChI is InChI=1S/C29H31F5N2O3/c1-39-19-4-5-26-21(15-19)28(25(34)17-35-26)22(31)6-7-29(16-27(37)38)8-11-36(12-9-29)10-2-3-20-23(32)13-18(30)14-24(20)33/h4-5,13-15,17,22H,2-3,6-12,16H2,1H3,(H,37,38)/t22-/m0/s1. The lowest BCUT2D eigenvalue weighted by Crippen LogP contribution is -2.41. The number of carboxylic acids is 1. The van der Waals surface area contributed by atoms with Crippen LogP contribution in [0.5, 0.6) is 5.75 Å². The van der Waals surface area contributed by atoms with Gasteiger partial charge in [0.05, 0.1) is 25.2 Å². The van der Waals surface area contributed by atoms with Crippen LogP contribution in [0.3, 0.4) is 0 Å². The van der Waals surface area contributed by atoms with Crippen LogP contribution in [0.15, 0.2) is 36.5 Å². The smallest absolute Gasteiger partial charge is 0.303 e. The van der Waals surface area contributed by atoms with E-state index in [4.69, 9.17) is 4.74 Å². The van der Waals surface area contributed by atoms with Crippen molar-refractivity contribution in [2.24, 2.45) is 5.41 Å². The number of pyridine rings is 1. The van der Waals surface area contributed by atoms with Crippen LogP contribution in [-0.2, 0) is 11.2 Å². The van der Waals surface area contributed by atoms with Gasteiger partial charge in [-0.05, 0) is 81.8 Å². The molecule has 1 aromatic heterocycles. The van der Waals surface area contributed by atoms with Gasteiger partial charge >= 0.3 is 5.97 Å². The number of fused-ring (bicyclic) bond motifs is 1. The van der Waals surface area contributed by atoms with Crippen molar-refractivity contribution in [3.05, 3.63) is 70.9 Å². The number of hydrogen-bond acceptors (Lipinski definition) is 4. The maximum Gasteiger partial charge on any atom is 0.303 e. The van der Waals surface area contributed by atoms with Gasteiger partial charge in [0.2, 0.25) is 0 Å². The van der Waals surface area contributed by atoms with Crippen molar-refractivity contribution in [1.82, 2.24) is 9.88 Å². The normalized spacial score (nSPS) is 16.4. The van der Waals surface area contributed by atoms with Crippen LogP contribution >= 0.6 is 0 Å². The molecule has 5 nitrogen and oxygen atoms in total. The molecule has 4 rings (SSSR count). The molecule has 0 saturated carbocycles. The van der Waals surface area contributed by atoms with Crippen molar-refractivity contribution >= 4 is 16.9 Å². The average molecular weight is 551 g/mol. The van der Waals surface area contributed by atoms with E-state index in [0.717, 1.165) is 6.20 Å². The second-order valence-electron chi connectivity index (χ2n) is 10.3. The molecule has 0 spiro atoms. The fourth-order valence-corrected chi connectivity index (χ4v) is 5.57. The van der Waals surface area contributed by atoms with E-state index in [1.165, 1.54) is 7.11 Å². The van der Waals surface area contributed by atoms with Crippen LogP contribution in [-0.4, -0.2) is 47.7 Å². The zero-order valence-corrected chi connectivity index (χ0v) is 21.7. The van der Waals surface area contributed by atoms with Crippen LogP contribution in [0, 0.1) is 28.7 Å². The van der Waals surface area contributed by atoms with Crippen molar-refractivity contribution in [3.63, 3.8) is 0 Å². The van der Waals surface area contributed by atoms with Gasteiger partial charge < -0.3 is 14.7 Å². The molecular weight excluding hydrogens is 519 g/mol. The summed E-state index contributed by atoms with van der Waals surface area (Å²) in [6, 6.07) is 6.16. The molecule has 2 aromatic carbocycles. The largest absolute Gasteiger partial charge is 0.497 e. The summed E-state index contributed by atoms with van der Waals surface area (Å²) < 4.78 is 76.4. The third-order valence-corrected chi connectivity index (χ3v) is 7.76. The Hall–Kier alpha value is -3.27. The molecule has 1 aliphatic heterocycles. The molecule has 0 aliphatic carbocycles. The number of carboxylic acid groups (broad SMARTS) is 1. The van der Waals surface area contributed by atoms with Crippen molar-refractivity contribution in [2.75, 3.05) is 26.7 Å². The molecule has 1 atom stereocenters. The Balaban J connectivity index is 1.39. The summed E-state index contributed by atoms with van der Waals surface area (Å²) in [5.41, 5.74) is -0.485. The lowest BCUT2D eigenvalue weighted by Gasteiger charge is -2.41. The number of aliphatic carboxylic acids is 1. The minimum absolute atomic E-state index is 0.0519. The minimum atomic E-state index is -1.66. The van der Waals surface area contributed by atoms with E-state index in [-0.39, 0.29) is 36.8 Å². The monoisotopic (exact) mass is 550 g/mol. The molecule has 39 heavy (non-hydrogen) atoms. The molecule has 0 bridgehead atoms. The molecule has 3 aromatic rings. The van der Waals surface area contributed by atoms with Crippen LogP contribution < -0.4 is 4.74 Å². The Bertz CT molecular complexity index is 1300. The Morgan fingerprint density at radius 1 is 1.10 bits per heavy atom. The van der Waals surface area contributed by atoms with E-state index in [1.807, 2.05) is 0 Å². The quantitative estimate of drug-likeness (QED) is 0.267. The number of alkyl halides is 1. The van der Waals surface area contributed by atoms with Crippen molar-refractivity contribution in [2.45, 2.75) is 51.1 Å². The summed E-state index contributed by atoms with van der Waals surface area (Å²) in [4.78, 5) is 17.8. The van der Waals surface area contributed by atoms with E-state index in [0.29, 0.717) is 67.7 Å². The Morgan fingerprint density at radius 3 is 2.44 bits per heavy atom. The second kappa shape index (κ2) is 12.3. The highest BCUT2D eigenvalue weighted by Crippen LogP contribution is 2.43. The molecule has 1 fully saturated rings. The lowest BCUT2D eigenvalue weighted by atomic mass is 9.71. The molecular formula is C29H31F5N2O3. The van der Waals surface area contributed by atoms with Gasteiger partial charge in [0, 0.05) is 28.6 Å². The number of methoxy groups -OCH3 is 1. The first-order valence-corrected chi connectivity index (χ1v) is 12.9. The Morgan fingerprint density at radius 2 is 1.79 bits per heavy atom. The van der Waals surface area contributed by atoms with Crippen LogP contribution in [0.25, 0.3) is 10.9 Å². The van der Waals surface area contributed by atoms with Crippen LogP contribution in [0.2, 0.25) is 0 Å². The van der Waals surface area contributed by atoms with Gasteiger partial charge in [-0.2, -0.15) is 0 Å². The SMILES string of the molecule is COc1ccc2ncc(F)c([C@@H](F)CCC3(CC(=O)O)CCN(CCCc4c(F)cc(F)cc4F)CC3)c2c1. The summed E-state index contributed by atoms with van der Waals surface area (Å²) in [5, 5.41) is 9.89. The molecule has 210 valence electrons. The first-order valence-electron chi connectivity index (χ1n) is 12.9. The van der Waals surface area contributed by atoms with Crippen molar-refractivity contribution in [3.8, 4) is 5.75 Å². The predicted molar refractivity (Wildman–Crippen MR) is 136 cm³/mol. The van der Waals surface area contributed by atoms with Crippen LogP contribution in [0.1, 0.15) is 55.8 Å². The van der Waals surface area contributed by atoms with Gasteiger partial charge in [0.1, 0.15) is 35.2 Å². The number of rotatable bonds is 11. The molecule has 1 aliphatic rings. The number of piperidine rings is 1. The Kier molecular flexibility index (Phi) is 9.04. The maximum absolute atomic E-state index is 15.6. The minimum Gasteiger partial charge on any atom is -0.497 e. The number of aromatic nitrogens is 1. The molecule has 0 radical (unpaired) electrons. The van der Waals surface area contributed by atoms with E-state index in [9.17, 15) is 27.5 Å². The lowest BCUT2D eigenvalue weighted by molar-refractivity contribution is -0.141. The number of halogens is 5. The molecule has 1 saturated heterocycles. The summed E-state index contributed by atoms with van der Waals surface area (Å²) in [6.45, 7) is 1.62. The molecule has 0 unspecified atom stereocenters. The van der Waals surface area contributed by atoms with E-state index < -0.39 is 40.8 Å². The number of nitrogens with zero attached hydrogens (tertiary/aromatic N) is 2. The molecule has 2 heterocycles. The van der Waals surface area contributed by atoms with Crippen molar-refractivity contribution in [1.29, 1.82) is 0 Å². The highest BCUT2D eigenvalue weighted by molar-refractivity contribution is 5.84. The predicted octanol–water partition coefficient (Wildman–Crippen LogP) is 6.78. The topological polar surface area (TPSA) is 62.7 Å². The number of ether oxygens (including phenoxy) is 1. The van der Waals surface area contributed by atoms with Gasteiger partial charge in [-0.1, -0.05) is 0 Å². The van der Waals surface area contributed by atoms with E-state index >= 15 is 4.39 Å². The molecule has 10 heteroatoms. The third kappa shape index (κ3) is 6.84. The summed E-state index contributed by atoms with van der Waals surface area (Å²) in [7, 11) is 1.46. The summed E-state index contributed by atoms with van der Waals surface area (Å²) >= 11 is 0. The average Bonchev–Trinajstić information content (AvgIpc) is 2.89. The number of hydrogen-bond donors (Lipinski definition) is 1. The van der Waals surface area contributed by atoms with Gasteiger partial charge in [-0.15, -0.1) is 0 Å². The van der Waals surface area contributed by atoms with Gasteiger partial charge in [-0.25, -0.2) is 22.0 Å². The number of carbonyl (C=O) groups is 1. The highest BCUT2D eigenvalue weighted by atomic mass is 19.2. The van der Waals surface area contributed by atoms with Crippen molar-refractivity contribution < 1.29 is 36.6 Å². The molecule has 0 amide bonds. The zero-order chi connectivity index (χ0) is 28.2. The van der Waals surface area contributed by atoms with E-state index in [1.54, 1.807) is 18.2 Å². The zero-order valence-electron chi connectivity index (χ0n) is 21.7. The maximum atomic E-state index is 15.6. The highest BCUT2D eigenvalue weighted by Gasteiger charge is 2.37. The van der Waals surface area contributed by atoms with E-state index in [2.05, 4.69) is 9.88 Å². The number of benzene rings is 2. The summed E-state index contributed by atoms with van der Waals surface area (Å²) in [5.74, 6) is -4.09. The second-order valence-corrected chi connectivity index (χ2v) is 10.3. The first-order chi connectivity index (χ1) is 18.6. The molecule has 1 N–H and O–H groups in total.